The molecule has 4 aromatic rings. The summed E-state index contributed by atoms with van der Waals surface area (Å²) in [5.41, 5.74) is 2.27. The lowest BCUT2D eigenvalue weighted by atomic mass is 10.1. The number of nitrogens with one attached hydrogen (secondary N) is 1. The van der Waals surface area contributed by atoms with E-state index < -0.39 is 12.1 Å². The molecule has 0 unspecified atom stereocenters. The molecular weight excluding hydrogens is 455 g/mol. The predicted molar refractivity (Wildman–Crippen MR) is 115 cm³/mol. The maximum Gasteiger partial charge on any atom is 0.490 e. The lowest BCUT2D eigenvalue weighted by Gasteiger charge is -2.03. The number of halogens is 3. The largest absolute Gasteiger partial charge is 0.490 e. The molecule has 0 aliphatic rings. The Morgan fingerprint density at radius 2 is 1.71 bits per heavy atom. The van der Waals surface area contributed by atoms with Gasteiger partial charge < -0.3 is 19.4 Å². The molecule has 0 bridgehead atoms. The molecule has 2 N–H and O–H groups in total. The van der Waals surface area contributed by atoms with Crippen LogP contribution in [0.15, 0.2) is 69.9 Å². The van der Waals surface area contributed by atoms with Gasteiger partial charge in [0.15, 0.2) is 11.5 Å². The Morgan fingerprint density at radius 3 is 2.38 bits per heavy atom. The second-order valence-corrected chi connectivity index (χ2v) is 7.10. The number of nitrogens with zero attached hydrogens (tertiary/aromatic N) is 2. The maximum absolute atomic E-state index is 12.2. The number of pyridine rings is 1. The molecule has 0 aliphatic carbocycles. The Bertz CT molecular complexity index is 1200. The number of alkyl halides is 3. The number of unbranched alkanes of at least 4 members (excludes halogenated alkanes) is 1. The van der Waals surface area contributed by atoms with E-state index in [1.54, 1.807) is 18.5 Å². The highest BCUT2D eigenvalue weighted by molar-refractivity contribution is 5.93. The summed E-state index contributed by atoms with van der Waals surface area (Å²) >= 11 is 0. The van der Waals surface area contributed by atoms with Crippen molar-refractivity contribution < 1.29 is 36.8 Å². The normalized spacial score (nSPS) is 11.0. The smallest absolute Gasteiger partial charge is 0.475 e. The highest BCUT2D eigenvalue weighted by Crippen LogP contribution is 2.28. The summed E-state index contributed by atoms with van der Waals surface area (Å²) in [6, 6.07) is 15.2. The van der Waals surface area contributed by atoms with Crippen molar-refractivity contribution in [2.24, 2.45) is 0 Å². The summed E-state index contributed by atoms with van der Waals surface area (Å²) in [6.45, 7) is 0.594. The number of para-hydroxylation sites is 1. The van der Waals surface area contributed by atoms with E-state index in [2.05, 4.69) is 15.5 Å². The van der Waals surface area contributed by atoms with Gasteiger partial charge in [-0.3, -0.25) is 9.78 Å². The third kappa shape index (κ3) is 6.92. The summed E-state index contributed by atoms with van der Waals surface area (Å²) in [4.78, 5) is 25.1. The van der Waals surface area contributed by atoms with E-state index in [1.165, 1.54) is 5.56 Å². The summed E-state index contributed by atoms with van der Waals surface area (Å²) in [6.07, 6.45) is 1.36. The van der Waals surface area contributed by atoms with Gasteiger partial charge in [0.2, 0.25) is 5.76 Å². The third-order valence-electron chi connectivity index (χ3n) is 4.58. The number of rotatable bonds is 7. The lowest BCUT2D eigenvalue weighted by molar-refractivity contribution is -0.192. The second-order valence-electron chi connectivity index (χ2n) is 7.10. The standard InChI is InChI=1S/C21H19N3O3.C2HF3O2/c25-21(23-10-4-3-5-15-8-11-22-12-9-15)17-14-20(27-24-17)19-13-16-6-1-2-7-18(16)26-19;3-2(4,5)1(6)7/h1-2,6-9,11-14H,3-5,10H2,(H,23,25);(H,6,7). The molecule has 34 heavy (non-hydrogen) atoms. The molecular formula is C23H20F3N3O5. The van der Waals surface area contributed by atoms with Crippen LogP contribution in [0.25, 0.3) is 22.5 Å². The number of carboxylic acids is 1. The Labute approximate surface area is 191 Å². The number of amides is 1. The summed E-state index contributed by atoms with van der Waals surface area (Å²) in [7, 11) is 0. The van der Waals surface area contributed by atoms with Gasteiger partial charge >= 0.3 is 12.1 Å². The molecule has 0 atom stereocenters. The number of carbonyl (C=O) groups excluding carboxylic acids is 1. The molecule has 0 saturated carbocycles. The van der Waals surface area contributed by atoms with Crippen molar-refractivity contribution in [2.75, 3.05) is 6.54 Å². The van der Waals surface area contributed by atoms with Gasteiger partial charge in [-0.15, -0.1) is 0 Å². The molecule has 3 heterocycles. The number of carbonyl (C=O) groups is 2. The van der Waals surface area contributed by atoms with E-state index in [1.807, 2.05) is 42.5 Å². The topological polar surface area (TPSA) is 118 Å². The second kappa shape index (κ2) is 11.1. The number of aliphatic carboxylic acids is 1. The van der Waals surface area contributed by atoms with Crippen molar-refractivity contribution in [3.8, 4) is 11.5 Å². The van der Waals surface area contributed by atoms with E-state index in [4.69, 9.17) is 18.8 Å². The van der Waals surface area contributed by atoms with E-state index in [0.29, 0.717) is 18.1 Å². The first-order valence-electron chi connectivity index (χ1n) is 10.2. The van der Waals surface area contributed by atoms with Gasteiger partial charge in [0, 0.05) is 30.4 Å². The van der Waals surface area contributed by atoms with Gasteiger partial charge in [-0.25, -0.2) is 4.79 Å². The van der Waals surface area contributed by atoms with Gasteiger partial charge in [-0.2, -0.15) is 13.2 Å². The summed E-state index contributed by atoms with van der Waals surface area (Å²) in [5, 5.41) is 14.8. The van der Waals surface area contributed by atoms with Crippen molar-refractivity contribution in [2.45, 2.75) is 25.4 Å². The molecule has 3 aromatic heterocycles. The zero-order valence-corrected chi connectivity index (χ0v) is 17.7. The van der Waals surface area contributed by atoms with Crippen LogP contribution in [0, 0.1) is 0 Å². The van der Waals surface area contributed by atoms with Gasteiger partial charge in [0.1, 0.15) is 5.58 Å². The maximum atomic E-state index is 12.2. The fourth-order valence-electron chi connectivity index (χ4n) is 2.90. The Hall–Kier alpha value is -4.15. The van der Waals surface area contributed by atoms with Crippen LogP contribution < -0.4 is 5.32 Å². The van der Waals surface area contributed by atoms with Crippen LogP contribution in [0.3, 0.4) is 0 Å². The molecule has 0 radical (unpaired) electrons. The Morgan fingerprint density at radius 1 is 1.00 bits per heavy atom. The van der Waals surface area contributed by atoms with E-state index in [9.17, 15) is 18.0 Å². The number of aromatic nitrogens is 2. The van der Waals surface area contributed by atoms with Gasteiger partial charge in [0.25, 0.3) is 5.91 Å². The fourth-order valence-corrected chi connectivity index (χ4v) is 2.90. The van der Waals surface area contributed by atoms with Crippen LogP contribution >= 0.6 is 0 Å². The number of furan rings is 1. The average Bonchev–Trinajstić information content (AvgIpc) is 3.46. The molecule has 1 amide bonds. The van der Waals surface area contributed by atoms with E-state index in [-0.39, 0.29) is 11.6 Å². The molecule has 0 saturated heterocycles. The highest BCUT2D eigenvalue weighted by Gasteiger charge is 2.38. The van der Waals surface area contributed by atoms with E-state index in [0.717, 1.165) is 30.2 Å². The summed E-state index contributed by atoms with van der Waals surface area (Å²) in [5.74, 6) is -2.01. The number of hydrogen-bond donors (Lipinski definition) is 2. The molecule has 0 aliphatic heterocycles. The minimum absolute atomic E-state index is 0.245. The quantitative estimate of drug-likeness (QED) is 0.366. The van der Waals surface area contributed by atoms with Crippen molar-refractivity contribution in [3.05, 3.63) is 72.2 Å². The third-order valence-corrected chi connectivity index (χ3v) is 4.58. The lowest BCUT2D eigenvalue weighted by Crippen LogP contribution is -2.24. The molecule has 0 fully saturated rings. The molecule has 4 rings (SSSR count). The predicted octanol–water partition coefficient (Wildman–Crippen LogP) is 4.87. The zero-order valence-electron chi connectivity index (χ0n) is 17.7. The van der Waals surface area contributed by atoms with Crippen LogP contribution in [0.4, 0.5) is 13.2 Å². The molecule has 178 valence electrons. The minimum atomic E-state index is -5.08. The molecule has 0 spiro atoms. The van der Waals surface area contributed by atoms with Gasteiger partial charge in [-0.1, -0.05) is 23.4 Å². The van der Waals surface area contributed by atoms with Crippen molar-refractivity contribution >= 4 is 22.8 Å². The van der Waals surface area contributed by atoms with E-state index >= 15 is 0 Å². The van der Waals surface area contributed by atoms with Crippen LogP contribution in [0.2, 0.25) is 0 Å². The van der Waals surface area contributed by atoms with Crippen LogP contribution in [-0.4, -0.2) is 39.8 Å². The van der Waals surface area contributed by atoms with Crippen LogP contribution in [-0.2, 0) is 11.2 Å². The van der Waals surface area contributed by atoms with Gasteiger partial charge in [-0.05, 0) is 49.1 Å². The van der Waals surface area contributed by atoms with Crippen LogP contribution in [0.1, 0.15) is 28.9 Å². The first-order chi connectivity index (χ1) is 16.2. The fraction of sp³-hybridized carbons (Fsp3) is 0.217. The number of hydrogen-bond acceptors (Lipinski definition) is 6. The number of carboxylic acid groups (broad SMARTS) is 1. The van der Waals surface area contributed by atoms with Crippen molar-refractivity contribution in [1.29, 1.82) is 0 Å². The number of fused-ring (bicyclic) bond motifs is 1. The first-order valence-corrected chi connectivity index (χ1v) is 10.2. The Balaban J connectivity index is 0.000000406. The van der Waals surface area contributed by atoms with Crippen molar-refractivity contribution in [3.63, 3.8) is 0 Å². The zero-order chi connectivity index (χ0) is 24.6. The molecule has 1 aromatic carbocycles. The Kier molecular flexibility index (Phi) is 8.01. The van der Waals surface area contributed by atoms with Gasteiger partial charge in [0.05, 0.1) is 0 Å². The average molecular weight is 475 g/mol. The molecule has 8 nitrogen and oxygen atoms in total. The SMILES string of the molecule is O=C(NCCCCc1ccncc1)c1cc(-c2cc3ccccc3o2)on1.O=C(O)C(F)(F)F. The van der Waals surface area contributed by atoms with Crippen LogP contribution in [0.5, 0.6) is 0 Å². The number of benzene rings is 1. The van der Waals surface area contributed by atoms with Crippen molar-refractivity contribution in [1.82, 2.24) is 15.5 Å². The monoisotopic (exact) mass is 475 g/mol. The minimum Gasteiger partial charge on any atom is -0.475 e. The summed E-state index contributed by atoms with van der Waals surface area (Å²) < 4.78 is 42.7. The highest BCUT2D eigenvalue weighted by atomic mass is 19.4. The number of aryl methyl sites for hydroxylation is 1. The first kappa shape index (κ1) is 24.5. The molecule has 11 heteroatoms.